The van der Waals surface area contributed by atoms with Gasteiger partial charge >= 0.3 is 0 Å². The van der Waals surface area contributed by atoms with Gasteiger partial charge in [-0.1, -0.05) is 0 Å². The third-order valence-electron chi connectivity index (χ3n) is 1.95. The highest BCUT2D eigenvalue weighted by Gasteiger charge is 2.35. The van der Waals surface area contributed by atoms with Crippen molar-refractivity contribution in [3.8, 4) is 0 Å². The summed E-state index contributed by atoms with van der Waals surface area (Å²) in [4.78, 5) is 11.0. The van der Waals surface area contributed by atoms with Gasteiger partial charge < -0.3 is 0 Å². The third kappa shape index (κ3) is 0.558. The largest absolute Gasteiger partial charge is 0.287 e. The summed E-state index contributed by atoms with van der Waals surface area (Å²) in [5.41, 5.74) is 0. The van der Waals surface area contributed by atoms with Crippen LogP contribution in [0.3, 0.4) is 0 Å². The van der Waals surface area contributed by atoms with Gasteiger partial charge in [0.05, 0.1) is 6.42 Å². The molecule has 1 N–H and O–H groups in total. The van der Waals surface area contributed by atoms with E-state index in [9.17, 15) is 4.79 Å². The van der Waals surface area contributed by atoms with Gasteiger partial charge in [0, 0.05) is 13.1 Å². The second-order valence-corrected chi connectivity index (χ2v) is 2.62. The van der Waals surface area contributed by atoms with E-state index < -0.39 is 0 Å². The molecule has 0 unspecified atom stereocenters. The number of hydrogen-bond acceptors (Lipinski definition) is 2. The lowest BCUT2D eigenvalue weighted by atomic mass is 10.3. The van der Waals surface area contributed by atoms with Crippen LogP contribution in [0, 0.1) is 5.41 Å². The fraction of sp³-hybridized carbons (Fsp3) is 0.667. The highest BCUT2D eigenvalue weighted by atomic mass is 16.2. The predicted octanol–water partition coefficient (Wildman–Crippen LogP) is -0.183. The number of fused-ring (bicyclic) bond motifs is 1. The normalized spacial score (nSPS) is 24.4. The molecule has 0 aliphatic carbocycles. The van der Waals surface area contributed by atoms with Crippen LogP contribution in [0.2, 0.25) is 0 Å². The Balaban J connectivity index is 2.27. The summed E-state index contributed by atoms with van der Waals surface area (Å²) < 4.78 is 0. The zero-order valence-electron chi connectivity index (χ0n) is 5.63. The molecular weight excluding hydrogens is 130 g/mol. The van der Waals surface area contributed by atoms with E-state index in [1.807, 2.05) is 0 Å². The molecule has 54 valence electrons. The first kappa shape index (κ1) is 5.70. The van der Waals surface area contributed by atoms with E-state index in [1.54, 1.807) is 10.0 Å². The van der Waals surface area contributed by atoms with E-state index in [4.69, 9.17) is 5.41 Å². The van der Waals surface area contributed by atoms with Crippen molar-refractivity contribution in [1.82, 2.24) is 10.0 Å². The van der Waals surface area contributed by atoms with Gasteiger partial charge in [0.1, 0.15) is 5.84 Å². The molecule has 1 amide bonds. The van der Waals surface area contributed by atoms with Crippen molar-refractivity contribution in [1.29, 1.82) is 5.41 Å². The highest BCUT2D eigenvalue weighted by molar-refractivity contribution is 6.03. The summed E-state index contributed by atoms with van der Waals surface area (Å²) in [5, 5.41) is 10.8. The second kappa shape index (κ2) is 1.71. The molecule has 2 aliphatic heterocycles. The van der Waals surface area contributed by atoms with Crippen molar-refractivity contribution in [2.45, 2.75) is 12.8 Å². The van der Waals surface area contributed by atoms with E-state index >= 15 is 0 Å². The Kier molecular flexibility index (Phi) is 0.977. The minimum absolute atomic E-state index is 0.0856. The number of hydrazine groups is 1. The number of amidine groups is 1. The molecule has 2 aliphatic rings. The zero-order chi connectivity index (χ0) is 7.14. The number of rotatable bonds is 0. The van der Waals surface area contributed by atoms with Crippen LogP contribution in [0.15, 0.2) is 0 Å². The van der Waals surface area contributed by atoms with E-state index in [1.165, 1.54) is 0 Å². The molecule has 2 fully saturated rings. The van der Waals surface area contributed by atoms with Crippen LogP contribution in [-0.2, 0) is 4.79 Å². The van der Waals surface area contributed by atoms with Crippen LogP contribution in [-0.4, -0.2) is 34.9 Å². The third-order valence-corrected chi connectivity index (χ3v) is 1.95. The van der Waals surface area contributed by atoms with Crippen molar-refractivity contribution in [2.24, 2.45) is 0 Å². The molecule has 10 heavy (non-hydrogen) atoms. The van der Waals surface area contributed by atoms with Crippen molar-refractivity contribution in [3.63, 3.8) is 0 Å². The van der Waals surface area contributed by atoms with Crippen LogP contribution in [0.25, 0.3) is 0 Å². The predicted molar refractivity (Wildman–Crippen MR) is 35.4 cm³/mol. The summed E-state index contributed by atoms with van der Waals surface area (Å²) in [6.45, 7) is 1.66. The maximum Gasteiger partial charge on any atom is 0.248 e. The first-order valence-electron chi connectivity index (χ1n) is 3.44. The molecule has 0 spiro atoms. The number of amides is 1. The Bertz CT molecular complexity index is 181. The molecule has 2 rings (SSSR count). The first-order chi connectivity index (χ1) is 4.79. The Labute approximate surface area is 58.9 Å². The molecule has 0 aromatic rings. The minimum atomic E-state index is 0.0856. The monoisotopic (exact) mass is 139 g/mol. The first-order valence-corrected chi connectivity index (χ1v) is 3.44. The van der Waals surface area contributed by atoms with Gasteiger partial charge in [-0.2, -0.15) is 0 Å². The summed E-state index contributed by atoms with van der Waals surface area (Å²) in [6.07, 6.45) is 1.31. The van der Waals surface area contributed by atoms with Gasteiger partial charge in [-0.25, -0.2) is 0 Å². The topological polar surface area (TPSA) is 47.4 Å². The quantitative estimate of drug-likeness (QED) is 0.506. The molecule has 2 heterocycles. The lowest BCUT2D eigenvalue weighted by Gasteiger charge is -2.18. The molecule has 2 saturated heterocycles. The zero-order valence-corrected chi connectivity index (χ0v) is 5.63. The average Bonchev–Trinajstić information content (AvgIpc) is 2.39. The number of nitrogens with one attached hydrogen (secondary N) is 1. The lowest BCUT2D eigenvalue weighted by molar-refractivity contribution is -0.133. The van der Waals surface area contributed by atoms with Crippen LogP contribution in [0.5, 0.6) is 0 Å². The Morgan fingerprint density at radius 2 is 2.00 bits per heavy atom. The molecule has 0 aromatic carbocycles. The van der Waals surface area contributed by atoms with Crippen LogP contribution in [0.1, 0.15) is 12.8 Å². The van der Waals surface area contributed by atoms with Crippen molar-refractivity contribution < 1.29 is 4.79 Å². The Morgan fingerprint density at radius 1 is 1.30 bits per heavy atom. The van der Waals surface area contributed by atoms with Gasteiger partial charge in [0.2, 0.25) is 5.91 Å². The standard InChI is InChI=1S/C6H9N3O/c7-5-4-6(10)9-3-1-2-8(5)9/h7H,1-4H2. The van der Waals surface area contributed by atoms with Crippen molar-refractivity contribution >= 4 is 11.7 Å². The molecule has 0 atom stereocenters. The lowest BCUT2D eigenvalue weighted by Crippen LogP contribution is -2.33. The van der Waals surface area contributed by atoms with E-state index in [0.29, 0.717) is 12.3 Å². The van der Waals surface area contributed by atoms with Gasteiger partial charge in [0.15, 0.2) is 0 Å². The van der Waals surface area contributed by atoms with Crippen LogP contribution >= 0.6 is 0 Å². The van der Waals surface area contributed by atoms with Gasteiger partial charge in [-0.3, -0.25) is 20.2 Å². The van der Waals surface area contributed by atoms with E-state index in [2.05, 4.69) is 0 Å². The molecular formula is C6H9N3O. The minimum Gasteiger partial charge on any atom is -0.287 e. The number of carbonyl (C=O) groups is 1. The van der Waals surface area contributed by atoms with Crippen molar-refractivity contribution in [3.05, 3.63) is 0 Å². The number of carbonyl (C=O) groups excluding carboxylic acids is 1. The summed E-state index contributed by atoms with van der Waals surface area (Å²) in [7, 11) is 0. The molecule has 0 aromatic heterocycles. The van der Waals surface area contributed by atoms with Gasteiger partial charge in [-0.15, -0.1) is 0 Å². The molecule has 0 bridgehead atoms. The molecule has 4 heteroatoms. The fourth-order valence-electron chi connectivity index (χ4n) is 1.48. The summed E-state index contributed by atoms with van der Waals surface area (Å²) >= 11 is 0. The highest BCUT2D eigenvalue weighted by Crippen LogP contribution is 2.19. The summed E-state index contributed by atoms with van der Waals surface area (Å²) in [6, 6.07) is 0. The van der Waals surface area contributed by atoms with E-state index in [0.717, 1.165) is 19.5 Å². The average molecular weight is 139 g/mol. The Hall–Kier alpha value is -1.06. The number of nitrogens with zero attached hydrogens (tertiary/aromatic N) is 2. The van der Waals surface area contributed by atoms with Gasteiger partial charge in [-0.05, 0) is 6.42 Å². The molecule has 0 radical (unpaired) electrons. The maximum atomic E-state index is 11.0. The second-order valence-electron chi connectivity index (χ2n) is 2.62. The maximum absolute atomic E-state index is 11.0. The Morgan fingerprint density at radius 3 is 2.70 bits per heavy atom. The van der Waals surface area contributed by atoms with Crippen LogP contribution < -0.4 is 0 Å². The number of hydrogen-bond donors (Lipinski definition) is 1. The molecule has 4 nitrogen and oxygen atoms in total. The fourth-order valence-corrected chi connectivity index (χ4v) is 1.48. The van der Waals surface area contributed by atoms with Crippen molar-refractivity contribution in [2.75, 3.05) is 13.1 Å². The van der Waals surface area contributed by atoms with Crippen LogP contribution in [0.4, 0.5) is 0 Å². The summed E-state index contributed by atoms with van der Waals surface area (Å²) in [5.74, 6) is 0.546. The smallest absolute Gasteiger partial charge is 0.248 e. The molecule has 0 saturated carbocycles. The SMILES string of the molecule is N=C1CC(=O)N2CCCN12. The van der Waals surface area contributed by atoms with E-state index in [-0.39, 0.29) is 5.91 Å². The van der Waals surface area contributed by atoms with Gasteiger partial charge in [0.25, 0.3) is 0 Å².